The number of rotatable bonds is 4. The van der Waals surface area contributed by atoms with Crippen LogP contribution in [0.2, 0.25) is 0 Å². The van der Waals surface area contributed by atoms with Crippen molar-refractivity contribution in [2.75, 3.05) is 12.4 Å². The molecule has 142 valence electrons. The third-order valence-electron chi connectivity index (χ3n) is 4.68. The zero-order valence-corrected chi connectivity index (χ0v) is 17.4. The van der Waals surface area contributed by atoms with Crippen LogP contribution >= 0.6 is 15.9 Å². The first-order valence-corrected chi connectivity index (χ1v) is 9.54. The van der Waals surface area contributed by atoms with E-state index in [1.807, 2.05) is 50.2 Å². The van der Waals surface area contributed by atoms with E-state index in [9.17, 15) is 10.1 Å². The number of anilines is 1. The highest BCUT2D eigenvalue weighted by atomic mass is 79.9. The lowest BCUT2D eigenvalue weighted by Gasteiger charge is -2.29. The molecule has 2 aromatic carbocycles. The molecule has 1 amide bonds. The van der Waals surface area contributed by atoms with Crippen LogP contribution in [0.25, 0.3) is 0 Å². The summed E-state index contributed by atoms with van der Waals surface area (Å²) in [5.41, 5.74) is 3.96. The number of hydrogen-bond acceptors (Lipinski definition) is 4. The number of allylic oxidation sites excluding steroid dienone is 3. The van der Waals surface area contributed by atoms with Crippen LogP contribution in [0.1, 0.15) is 25.3 Å². The summed E-state index contributed by atoms with van der Waals surface area (Å²) in [6, 6.07) is 17.2. The van der Waals surface area contributed by atoms with Gasteiger partial charge in [-0.05, 0) is 43.7 Å². The van der Waals surface area contributed by atoms with Crippen LogP contribution in [-0.4, -0.2) is 13.0 Å². The van der Waals surface area contributed by atoms with Crippen molar-refractivity contribution in [3.05, 3.63) is 81.1 Å². The summed E-state index contributed by atoms with van der Waals surface area (Å²) in [7, 11) is 1.56. The van der Waals surface area contributed by atoms with Crippen LogP contribution < -0.4 is 15.4 Å². The quantitative estimate of drug-likeness (QED) is 0.716. The van der Waals surface area contributed by atoms with Crippen LogP contribution in [0, 0.1) is 11.3 Å². The Hall–Kier alpha value is -3.04. The average Bonchev–Trinajstić information content (AvgIpc) is 2.68. The van der Waals surface area contributed by atoms with E-state index in [4.69, 9.17) is 4.74 Å². The molecule has 1 unspecified atom stereocenters. The van der Waals surface area contributed by atoms with Crippen molar-refractivity contribution in [1.82, 2.24) is 5.32 Å². The Labute approximate surface area is 172 Å². The Morgan fingerprint density at radius 2 is 1.82 bits per heavy atom. The maximum absolute atomic E-state index is 13.3. The number of nitrogens with zero attached hydrogens (tertiary/aromatic N) is 1. The number of methoxy groups -OCH3 is 1. The Bertz CT molecular complexity index is 1020. The van der Waals surface area contributed by atoms with Gasteiger partial charge < -0.3 is 15.4 Å². The molecule has 2 aromatic rings. The Kier molecular flexibility index (Phi) is 5.86. The highest BCUT2D eigenvalue weighted by Gasteiger charge is 2.33. The van der Waals surface area contributed by atoms with Crippen molar-refractivity contribution in [2.24, 2.45) is 0 Å². The maximum Gasteiger partial charge on any atom is 0.254 e. The SMILES string of the molecule is COc1ccccc1NC(=O)C1=C(C)NC(C)=C(C#N)C1c1ccc(Br)cc1. The third kappa shape index (κ3) is 3.80. The second kappa shape index (κ2) is 8.32. The smallest absolute Gasteiger partial charge is 0.254 e. The lowest BCUT2D eigenvalue weighted by atomic mass is 9.80. The number of halogens is 1. The minimum absolute atomic E-state index is 0.275. The number of amides is 1. The molecule has 0 aromatic heterocycles. The van der Waals surface area contributed by atoms with Gasteiger partial charge in [0.05, 0.1) is 30.4 Å². The molecule has 0 saturated heterocycles. The summed E-state index contributed by atoms with van der Waals surface area (Å²) >= 11 is 3.44. The number of hydrogen-bond donors (Lipinski definition) is 2. The van der Waals surface area contributed by atoms with Crippen LogP contribution in [-0.2, 0) is 4.79 Å². The van der Waals surface area contributed by atoms with Crippen molar-refractivity contribution in [2.45, 2.75) is 19.8 Å². The standard InChI is InChI=1S/C22H20BrN3O2/c1-13-17(12-24)21(15-8-10-16(23)11-9-15)20(14(2)25-13)22(27)26-18-6-4-5-7-19(18)28-3/h4-11,21,25H,1-3H3,(H,26,27). The van der Waals surface area contributed by atoms with Crippen molar-refractivity contribution in [1.29, 1.82) is 5.26 Å². The number of benzene rings is 2. The Morgan fingerprint density at radius 1 is 1.14 bits per heavy atom. The summed E-state index contributed by atoms with van der Waals surface area (Å²) in [5.74, 6) is -0.151. The zero-order chi connectivity index (χ0) is 20.3. The van der Waals surface area contributed by atoms with E-state index in [0.29, 0.717) is 22.6 Å². The molecule has 0 fully saturated rings. The van der Waals surface area contributed by atoms with E-state index < -0.39 is 5.92 Å². The van der Waals surface area contributed by atoms with Crippen LogP contribution in [0.3, 0.4) is 0 Å². The van der Waals surface area contributed by atoms with Crippen molar-refractivity contribution in [3.63, 3.8) is 0 Å². The molecule has 2 N–H and O–H groups in total. The van der Waals surface area contributed by atoms with Crippen LogP contribution in [0.4, 0.5) is 5.69 Å². The molecule has 6 heteroatoms. The summed E-state index contributed by atoms with van der Waals surface area (Å²) in [4.78, 5) is 13.3. The fraction of sp³-hybridized carbons (Fsp3) is 0.182. The molecule has 1 atom stereocenters. The molecule has 1 heterocycles. The second-order valence-corrected chi connectivity index (χ2v) is 7.37. The lowest BCUT2D eigenvalue weighted by molar-refractivity contribution is -0.113. The number of carbonyl (C=O) groups excluding carboxylic acids is 1. The van der Waals surface area contributed by atoms with Gasteiger partial charge in [-0.25, -0.2) is 0 Å². The first kappa shape index (κ1) is 19.7. The summed E-state index contributed by atoms with van der Waals surface area (Å²) in [6.45, 7) is 3.70. The van der Waals surface area contributed by atoms with Crippen LogP contribution in [0.5, 0.6) is 5.75 Å². The van der Waals surface area contributed by atoms with Crippen molar-refractivity contribution < 1.29 is 9.53 Å². The molecular weight excluding hydrogens is 418 g/mol. The van der Waals surface area contributed by atoms with Gasteiger partial charge in [-0.3, -0.25) is 4.79 Å². The average molecular weight is 438 g/mol. The molecule has 0 saturated carbocycles. The first-order valence-electron chi connectivity index (χ1n) is 8.74. The fourth-order valence-corrected chi connectivity index (χ4v) is 3.63. The Balaban J connectivity index is 2.05. The topological polar surface area (TPSA) is 74.2 Å². The molecule has 1 aliphatic heterocycles. The zero-order valence-electron chi connectivity index (χ0n) is 15.8. The summed E-state index contributed by atoms with van der Waals surface area (Å²) in [6.07, 6.45) is 0. The largest absolute Gasteiger partial charge is 0.495 e. The van der Waals surface area contributed by atoms with E-state index in [2.05, 4.69) is 32.6 Å². The van der Waals surface area contributed by atoms with Gasteiger partial charge >= 0.3 is 0 Å². The predicted octanol–water partition coefficient (Wildman–Crippen LogP) is 4.85. The summed E-state index contributed by atoms with van der Waals surface area (Å²) < 4.78 is 6.27. The van der Waals surface area contributed by atoms with Gasteiger partial charge in [-0.15, -0.1) is 0 Å². The van der Waals surface area contributed by atoms with E-state index in [1.165, 1.54) is 0 Å². The van der Waals surface area contributed by atoms with Gasteiger partial charge in [0.1, 0.15) is 5.75 Å². The molecule has 1 aliphatic rings. The number of ether oxygens (including phenoxy) is 1. The molecule has 0 spiro atoms. The highest BCUT2D eigenvalue weighted by Crippen LogP contribution is 2.39. The fourth-order valence-electron chi connectivity index (χ4n) is 3.37. The molecule has 0 bridgehead atoms. The van der Waals surface area contributed by atoms with Gasteiger partial charge in [0.2, 0.25) is 0 Å². The van der Waals surface area contributed by atoms with Crippen molar-refractivity contribution >= 4 is 27.5 Å². The van der Waals surface area contributed by atoms with Crippen molar-refractivity contribution in [3.8, 4) is 11.8 Å². The van der Waals surface area contributed by atoms with E-state index in [-0.39, 0.29) is 5.91 Å². The van der Waals surface area contributed by atoms with E-state index >= 15 is 0 Å². The van der Waals surface area contributed by atoms with E-state index in [0.717, 1.165) is 21.4 Å². The number of nitriles is 1. The number of dihydropyridines is 1. The van der Waals surface area contributed by atoms with Gasteiger partial charge in [0.25, 0.3) is 5.91 Å². The second-order valence-electron chi connectivity index (χ2n) is 6.45. The number of carbonyl (C=O) groups is 1. The minimum atomic E-state index is -0.450. The third-order valence-corrected chi connectivity index (χ3v) is 5.21. The van der Waals surface area contributed by atoms with Gasteiger partial charge in [0.15, 0.2) is 0 Å². The number of para-hydroxylation sites is 2. The highest BCUT2D eigenvalue weighted by molar-refractivity contribution is 9.10. The molecule has 5 nitrogen and oxygen atoms in total. The van der Waals surface area contributed by atoms with E-state index in [1.54, 1.807) is 19.2 Å². The molecular formula is C22H20BrN3O2. The van der Waals surface area contributed by atoms with Gasteiger partial charge in [0, 0.05) is 21.4 Å². The monoisotopic (exact) mass is 437 g/mol. The first-order chi connectivity index (χ1) is 13.5. The molecule has 3 rings (SSSR count). The maximum atomic E-state index is 13.3. The Morgan fingerprint density at radius 3 is 2.46 bits per heavy atom. The predicted molar refractivity (Wildman–Crippen MR) is 113 cm³/mol. The molecule has 0 radical (unpaired) electrons. The molecule has 28 heavy (non-hydrogen) atoms. The summed E-state index contributed by atoms with van der Waals surface area (Å²) in [5, 5.41) is 15.9. The lowest BCUT2D eigenvalue weighted by Crippen LogP contribution is -2.30. The minimum Gasteiger partial charge on any atom is -0.495 e. The van der Waals surface area contributed by atoms with Gasteiger partial charge in [-0.2, -0.15) is 5.26 Å². The van der Waals surface area contributed by atoms with Gasteiger partial charge in [-0.1, -0.05) is 40.2 Å². The van der Waals surface area contributed by atoms with Crippen LogP contribution in [0.15, 0.2) is 75.5 Å². The number of nitrogens with one attached hydrogen (secondary N) is 2. The molecule has 0 aliphatic carbocycles. The normalized spacial score (nSPS) is 16.3.